The Bertz CT molecular complexity index is 1040. The largest absolute Gasteiger partial charge is 0.0654 e. The molecule has 0 N–H and O–H groups in total. The van der Waals surface area contributed by atoms with Gasteiger partial charge in [0.25, 0.3) is 0 Å². The molecule has 3 rings (SSSR count). The second-order valence-corrected chi connectivity index (χ2v) is 12.7. The lowest BCUT2D eigenvalue weighted by Gasteiger charge is -2.29. The van der Waals surface area contributed by atoms with E-state index >= 15 is 0 Å². The van der Waals surface area contributed by atoms with Crippen LogP contribution in [0.4, 0.5) is 0 Å². The number of aryl methyl sites for hydroxylation is 2. The Labute approximate surface area is 198 Å². The summed E-state index contributed by atoms with van der Waals surface area (Å²) in [7, 11) is -0.596. The van der Waals surface area contributed by atoms with Gasteiger partial charge in [0.15, 0.2) is 0 Å². The zero-order valence-corrected chi connectivity index (χ0v) is 22.3. The summed E-state index contributed by atoms with van der Waals surface area (Å²) in [5.41, 5.74) is 6.16. The fourth-order valence-corrected chi connectivity index (χ4v) is 7.18. The van der Waals surface area contributed by atoms with E-state index in [1.165, 1.54) is 51.0 Å². The van der Waals surface area contributed by atoms with E-state index < -0.39 is 7.92 Å². The maximum absolute atomic E-state index is 2.45. The van der Waals surface area contributed by atoms with Crippen LogP contribution in [0.1, 0.15) is 83.1 Å². The molecular weight excluding hydrogens is 403 g/mol. The standard InChI is InChI=1S/C31H41P/c1-9-20-31(7,8)26-17-19-29(24(4)22-26)32(27-14-12-11-13-15-27)28-18-16-25(21-23(28)3)30(5,6)10-2/h11-19,21-22H,9-10,20H2,1-8H3. The molecule has 0 spiro atoms. The first-order valence-corrected chi connectivity index (χ1v) is 13.5. The molecule has 1 unspecified atom stereocenters. The molecule has 3 aromatic rings. The van der Waals surface area contributed by atoms with Gasteiger partial charge in [0.05, 0.1) is 0 Å². The van der Waals surface area contributed by atoms with E-state index in [9.17, 15) is 0 Å². The molecule has 3 aromatic carbocycles. The number of rotatable bonds is 8. The Morgan fingerprint density at radius 2 is 1.16 bits per heavy atom. The third-order valence-electron chi connectivity index (χ3n) is 7.21. The van der Waals surface area contributed by atoms with Crippen molar-refractivity contribution in [2.75, 3.05) is 0 Å². The van der Waals surface area contributed by atoms with Crippen molar-refractivity contribution in [1.29, 1.82) is 0 Å². The molecular formula is C31H41P. The molecule has 0 saturated heterocycles. The molecule has 0 heterocycles. The van der Waals surface area contributed by atoms with E-state index in [0.29, 0.717) is 0 Å². The van der Waals surface area contributed by atoms with E-state index in [4.69, 9.17) is 0 Å². The molecule has 0 aromatic heterocycles. The van der Waals surface area contributed by atoms with E-state index in [1.54, 1.807) is 0 Å². The van der Waals surface area contributed by atoms with Crippen molar-refractivity contribution in [1.82, 2.24) is 0 Å². The van der Waals surface area contributed by atoms with Crippen LogP contribution in [0.25, 0.3) is 0 Å². The van der Waals surface area contributed by atoms with Crippen molar-refractivity contribution in [3.63, 3.8) is 0 Å². The Balaban J connectivity index is 2.14. The molecule has 170 valence electrons. The fourth-order valence-electron chi connectivity index (χ4n) is 4.61. The maximum Gasteiger partial charge on any atom is -0.0104 e. The fraction of sp³-hybridized carbons (Fsp3) is 0.419. The monoisotopic (exact) mass is 444 g/mol. The normalized spacial score (nSPS) is 13.2. The van der Waals surface area contributed by atoms with Crippen LogP contribution in [0.5, 0.6) is 0 Å². The van der Waals surface area contributed by atoms with Crippen molar-refractivity contribution in [2.45, 2.75) is 85.5 Å². The number of benzene rings is 3. The average Bonchev–Trinajstić information content (AvgIpc) is 2.76. The number of hydrogen-bond donors (Lipinski definition) is 0. The van der Waals surface area contributed by atoms with Gasteiger partial charge in [-0.1, -0.05) is 115 Å². The maximum atomic E-state index is 2.45. The predicted molar refractivity (Wildman–Crippen MR) is 146 cm³/mol. The molecule has 0 nitrogen and oxygen atoms in total. The van der Waals surface area contributed by atoms with Gasteiger partial charge >= 0.3 is 0 Å². The lowest BCUT2D eigenvalue weighted by atomic mass is 9.80. The van der Waals surface area contributed by atoms with Gasteiger partial charge < -0.3 is 0 Å². The van der Waals surface area contributed by atoms with Crippen molar-refractivity contribution >= 4 is 23.8 Å². The molecule has 1 atom stereocenters. The van der Waals surface area contributed by atoms with Crippen LogP contribution >= 0.6 is 7.92 Å². The second-order valence-electron chi connectivity index (χ2n) is 10.5. The van der Waals surface area contributed by atoms with E-state index in [1.807, 2.05) is 0 Å². The minimum absolute atomic E-state index is 0.210. The average molecular weight is 445 g/mol. The highest BCUT2D eigenvalue weighted by atomic mass is 31.1. The predicted octanol–water partition coefficient (Wildman–Crippen LogP) is 7.83. The zero-order chi connectivity index (χ0) is 23.5. The van der Waals surface area contributed by atoms with Gasteiger partial charge in [-0.2, -0.15) is 0 Å². The van der Waals surface area contributed by atoms with E-state index in [-0.39, 0.29) is 10.8 Å². The summed E-state index contributed by atoms with van der Waals surface area (Å²) < 4.78 is 0. The van der Waals surface area contributed by atoms with Gasteiger partial charge in [0.2, 0.25) is 0 Å². The summed E-state index contributed by atoms with van der Waals surface area (Å²) >= 11 is 0. The summed E-state index contributed by atoms with van der Waals surface area (Å²) in [6.07, 6.45) is 3.57. The molecule has 0 aliphatic rings. The Morgan fingerprint density at radius 3 is 1.59 bits per heavy atom. The van der Waals surface area contributed by atoms with Crippen LogP contribution in [-0.2, 0) is 10.8 Å². The Kier molecular flexibility index (Phi) is 7.67. The lowest BCUT2D eigenvalue weighted by Crippen LogP contribution is -2.26. The first-order valence-electron chi connectivity index (χ1n) is 12.2. The molecule has 0 aliphatic carbocycles. The summed E-state index contributed by atoms with van der Waals surface area (Å²) in [6, 6.07) is 25.6. The van der Waals surface area contributed by atoms with Crippen LogP contribution in [0, 0.1) is 13.8 Å². The van der Waals surface area contributed by atoms with Crippen LogP contribution in [0.2, 0.25) is 0 Å². The first-order chi connectivity index (χ1) is 15.1. The Hall–Kier alpha value is -1.91. The molecule has 1 heteroatoms. The van der Waals surface area contributed by atoms with E-state index in [2.05, 4.69) is 122 Å². The first kappa shape index (κ1) is 24.7. The number of hydrogen-bond acceptors (Lipinski definition) is 0. The third-order valence-corrected chi connectivity index (χ3v) is 9.99. The minimum Gasteiger partial charge on any atom is -0.0654 e. The highest BCUT2D eigenvalue weighted by molar-refractivity contribution is 7.80. The van der Waals surface area contributed by atoms with Gasteiger partial charge in [0, 0.05) is 0 Å². The molecule has 0 bridgehead atoms. The highest BCUT2D eigenvalue weighted by Crippen LogP contribution is 2.38. The topological polar surface area (TPSA) is 0 Å². The van der Waals surface area contributed by atoms with Gasteiger partial charge in [-0.15, -0.1) is 0 Å². The minimum atomic E-state index is -0.596. The van der Waals surface area contributed by atoms with Gasteiger partial charge in [-0.3, -0.25) is 0 Å². The third kappa shape index (κ3) is 5.18. The lowest BCUT2D eigenvalue weighted by molar-refractivity contribution is 0.473. The quantitative estimate of drug-likeness (QED) is 0.311. The molecule has 0 aliphatic heterocycles. The molecule has 0 radical (unpaired) electrons. The van der Waals surface area contributed by atoms with Crippen LogP contribution in [0.15, 0.2) is 66.7 Å². The molecule has 0 saturated carbocycles. The van der Waals surface area contributed by atoms with Crippen LogP contribution in [0.3, 0.4) is 0 Å². The summed E-state index contributed by atoms with van der Waals surface area (Å²) in [6.45, 7) is 18.6. The van der Waals surface area contributed by atoms with Crippen molar-refractivity contribution in [3.05, 3.63) is 89.0 Å². The smallest absolute Gasteiger partial charge is 0.0104 e. The Morgan fingerprint density at radius 1 is 0.656 bits per heavy atom. The van der Waals surface area contributed by atoms with Crippen molar-refractivity contribution < 1.29 is 0 Å². The van der Waals surface area contributed by atoms with Crippen molar-refractivity contribution in [2.24, 2.45) is 0 Å². The van der Waals surface area contributed by atoms with Gasteiger partial charge in [0.1, 0.15) is 0 Å². The van der Waals surface area contributed by atoms with Crippen molar-refractivity contribution in [3.8, 4) is 0 Å². The summed E-state index contributed by atoms with van der Waals surface area (Å²) in [5.74, 6) is 0. The van der Waals surface area contributed by atoms with Crippen LogP contribution in [-0.4, -0.2) is 0 Å². The van der Waals surface area contributed by atoms with Crippen LogP contribution < -0.4 is 15.9 Å². The zero-order valence-electron chi connectivity index (χ0n) is 21.4. The molecule has 0 fully saturated rings. The second kappa shape index (κ2) is 9.93. The summed E-state index contributed by atoms with van der Waals surface area (Å²) in [5, 5.41) is 4.38. The SMILES string of the molecule is CCCC(C)(C)c1ccc(P(c2ccccc2)c2ccc(C(C)(C)CC)cc2C)c(C)c1. The summed E-state index contributed by atoms with van der Waals surface area (Å²) in [4.78, 5) is 0. The highest BCUT2D eigenvalue weighted by Gasteiger charge is 2.25. The molecule has 0 amide bonds. The van der Waals surface area contributed by atoms with E-state index in [0.717, 1.165) is 6.42 Å². The van der Waals surface area contributed by atoms with Gasteiger partial charge in [-0.25, -0.2) is 0 Å². The molecule has 32 heavy (non-hydrogen) atoms. The van der Waals surface area contributed by atoms with Gasteiger partial charge in [-0.05, 0) is 83.6 Å².